The first-order chi connectivity index (χ1) is 16.0. The van der Waals surface area contributed by atoms with E-state index in [2.05, 4.69) is 16.0 Å². The summed E-state index contributed by atoms with van der Waals surface area (Å²) in [4.78, 5) is 25.1. The Balaban J connectivity index is 1.40. The van der Waals surface area contributed by atoms with Gasteiger partial charge in [-0.25, -0.2) is 4.79 Å². The van der Waals surface area contributed by atoms with Crippen molar-refractivity contribution in [2.24, 2.45) is 0 Å². The summed E-state index contributed by atoms with van der Waals surface area (Å²) in [5.74, 6) is -0.215. The SMILES string of the molecule is O=C(Nc1ccc(NC(=O)c2ccccc2-c2ccccc2)cc1)Nc1ccc(Cl)c(Cl)c1. The topological polar surface area (TPSA) is 70.2 Å². The van der Waals surface area contributed by atoms with Crippen LogP contribution in [-0.2, 0) is 0 Å². The third-order valence-electron chi connectivity index (χ3n) is 4.83. The second-order valence-corrected chi connectivity index (χ2v) is 7.97. The van der Waals surface area contributed by atoms with E-state index >= 15 is 0 Å². The molecular weight excluding hydrogens is 457 g/mol. The highest BCUT2D eigenvalue weighted by molar-refractivity contribution is 6.42. The van der Waals surface area contributed by atoms with Gasteiger partial charge in [0.1, 0.15) is 0 Å². The van der Waals surface area contributed by atoms with Crippen molar-refractivity contribution in [2.75, 3.05) is 16.0 Å². The molecule has 0 aliphatic rings. The Morgan fingerprint density at radius 3 is 1.85 bits per heavy atom. The van der Waals surface area contributed by atoms with Gasteiger partial charge in [0.25, 0.3) is 5.91 Å². The lowest BCUT2D eigenvalue weighted by molar-refractivity contribution is 0.102. The van der Waals surface area contributed by atoms with Crippen LogP contribution in [0.15, 0.2) is 97.1 Å². The Bertz CT molecular complexity index is 1290. The number of hydrogen-bond donors (Lipinski definition) is 3. The van der Waals surface area contributed by atoms with Crippen LogP contribution in [0.1, 0.15) is 10.4 Å². The molecule has 0 unspecified atom stereocenters. The Labute approximate surface area is 201 Å². The molecule has 0 fully saturated rings. The van der Waals surface area contributed by atoms with E-state index in [0.717, 1.165) is 11.1 Å². The number of carbonyl (C=O) groups is 2. The first kappa shape index (κ1) is 22.4. The molecule has 5 nitrogen and oxygen atoms in total. The first-order valence-corrected chi connectivity index (χ1v) is 10.8. The fourth-order valence-corrected chi connectivity index (χ4v) is 3.55. The first-order valence-electron chi connectivity index (χ1n) is 10.1. The van der Waals surface area contributed by atoms with E-state index in [-0.39, 0.29) is 5.91 Å². The zero-order chi connectivity index (χ0) is 23.2. The van der Waals surface area contributed by atoms with Crippen molar-refractivity contribution < 1.29 is 9.59 Å². The van der Waals surface area contributed by atoms with Gasteiger partial charge in [-0.15, -0.1) is 0 Å². The molecule has 4 aromatic carbocycles. The third kappa shape index (κ3) is 5.71. The minimum atomic E-state index is -0.429. The number of nitrogens with one attached hydrogen (secondary N) is 3. The third-order valence-corrected chi connectivity index (χ3v) is 5.57. The van der Waals surface area contributed by atoms with Gasteiger partial charge in [0, 0.05) is 22.6 Å². The largest absolute Gasteiger partial charge is 0.323 e. The fourth-order valence-electron chi connectivity index (χ4n) is 3.25. The van der Waals surface area contributed by atoms with Crippen LogP contribution in [0.2, 0.25) is 10.0 Å². The number of benzene rings is 4. The minimum Gasteiger partial charge on any atom is -0.322 e. The van der Waals surface area contributed by atoms with E-state index < -0.39 is 6.03 Å². The Hall–Kier alpha value is -3.80. The van der Waals surface area contributed by atoms with Crippen LogP contribution in [0.4, 0.5) is 21.9 Å². The number of carbonyl (C=O) groups excluding carboxylic acids is 2. The molecule has 0 saturated heterocycles. The lowest BCUT2D eigenvalue weighted by Crippen LogP contribution is -2.19. The molecule has 0 radical (unpaired) electrons. The summed E-state index contributed by atoms with van der Waals surface area (Å²) in [6.07, 6.45) is 0. The van der Waals surface area contributed by atoms with Gasteiger partial charge in [-0.3, -0.25) is 4.79 Å². The van der Waals surface area contributed by atoms with E-state index in [0.29, 0.717) is 32.7 Å². The highest BCUT2D eigenvalue weighted by Crippen LogP contribution is 2.26. The van der Waals surface area contributed by atoms with Gasteiger partial charge >= 0.3 is 6.03 Å². The smallest absolute Gasteiger partial charge is 0.322 e. The number of urea groups is 1. The number of halogens is 2. The quantitative estimate of drug-likeness (QED) is 0.278. The molecule has 33 heavy (non-hydrogen) atoms. The Kier molecular flexibility index (Phi) is 6.93. The summed E-state index contributed by atoms with van der Waals surface area (Å²) >= 11 is 11.9. The summed E-state index contributed by atoms with van der Waals surface area (Å²) in [6.45, 7) is 0. The van der Waals surface area contributed by atoms with E-state index in [1.165, 1.54) is 0 Å². The van der Waals surface area contributed by atoms with Crippen molar-refractivity contribution in [3.8, 4) is 11.1 Å². The second kappa shape index (κ2) is 10.2. The molecule has 0 heterocycles. The molecule has 0 aromatic heterocycles. The number of amides is 3. The number of rotatable bonds is 5. The highest BCUT2D eigenvalue weighted by atomic mass is 35.5. The fraction of sp³-hybridized carbons (Fsp3) is 0. The molecule has 0 aliphatic heterocycles. The predicted molar refractivity (Wildman–Crippen MR) is 135 cm³/mol. The van der Waals surface area contributed by atoms with Crippen LogP contribution in [0.3, 0.4) is 0 Å². The highest BCUT2D eigenvalue weighted by Gasteiger charge is 2.13. The number of hydrogen-bond acceptors (Lipinski definition) is 2. The maximum Gasteiger partial charge on any atom is 0.323 e. The van der Waals surface area contributed by atoms with Gasteiger partial charge in [0.05, 0.1) is 10.0 Å². The Morgan fingerprint density at radius 1 is 0.576 bits per heavy atom. The summed E-state index contributed by atoms with van der Waals surface area (Å²) < 4.78 is 0. The van der Waals surface area contributed by atoms with E-state index in [4.69, 9.17) is 23.2 Å². The maximum atomic E-state index is 12.9. The van der Waals surface area contributed by atoms with E-state index in [1.807, 2.05) is 48.5 Å². The normalized spacial score (nSPS) is 10.4. The van der Waals surface area contributed by atoms with Crippen LogP contribution in [-0.4, -0.2) is 11.9 Å². The van der Waals surface area contributed by atoms with E-state index in [9.17, 15) is 9.59 Å². The molecule has 0 atom stereocenters. The van der Waals surface area contributed by atoms with Crippen molar-refractivity contribution in [2.45, 2.75) is 0 Å². The molecule has 7 heteroatoms. The molecule has 4 aromatic rings. The lowest BCUT2D eigenvalue weighted by atomic mass is 9.99. The Morgan fingerprint density at radius 2 is 1.15 bits per heavy atom. The molecular formula is C26H19Cl2N3O2. The van der Waals surface area contributed by atoms with Crippen molar-refractivity contribution in [3.05, 3.63) is 113 Å². The standard InChI is InChI=1S/C26H19Cl2N3O2/c27-23-15-14-20(16-24(23)28)31-26(33)30-19-12-10-18(11-13-19)29-25(32)22-9-5-4-8-21(22)17-6-2-1-3-7-17/h1-16H,(H,29,32)(H2,30,31,33). The van der Waals surface area contributed by atoms with Gasteiger partial charge < -0.3 is 16.0 Å². The predicted octanol–water partition coefficient (Wildman–Crippen LogP) is 7.56. The summed E-state index contributed by atoms with van der Waals surface area (Å²) in [7, 11) is 0. The molecule has 0 aliphatic carbocycles. The van der Waals surface area contributed by atoms with Gasteiger partial charge in [-0.2, -0.15) is 0 Å². The van der Waals surface area contributed by atoms with Crippen LogP contribution in [0.25, 0.3) is 11.1 Å². The van der Waals surface area contributed by atoms with Crippen molar-refractivity contribution in [1.82, 2.24) is 0 Å². The van der Waals surface area contributed by atoms with Crippen molar-refractivity contribution >= 4 is 52.2 Å². The van der Waals surface area contributed by atoms with Gasteiger partial charge in [0.2, 0.25) is 0 Å². The molecule has 3 N–H and O–H groups in total. The summed E-state index contributed by atoms with van der Waals surface area (Å²) in [5, 5.41) is 9.08. The molecule has 0 saturated carbocycles. The van der Waals surface area contributed by atoms with Crippen LogP contribution < -0.4 is 16.0 Å². The monoisotopic (exact) mass is 475 g/mol. The molecule has 0 spiro atoms. The van der Waals surface area contributed by atoms with Gasteiger partial charge in [0.15, 0.2) is 0 Å². The summed E-state index contributed by atoms with van der Waals surface area (Å²) in [6, 6.07) is 28.4. The van der Waals surface area contributed by atoms with Gasteiger partial charge in [-0.05, 0) is 59.7 Å². The summed E-state index contributed by atoms with van der Waals surface area (Å²) in [5.41, 5.74) is 4.09. The molecule has 4 rings (SSSR count). The van der Waals surface area contributed by atoms with Crippen LogP contribution in [0.5, 0.6) is 0 Å². The molecule has 0 bridgehead atoms. The zero-order valence-corrected chi connectivity index (χ0v) is 18.8. The average Bonchev–Trinajstić information content (AvgIpc) is 2.83. The number of anilines is 3. The van der Waals surface area contributed by atoms with Crippen LogP contribution >= 0.6 is 23.2 Å². The van der Waals surface area contributed by atoms with E-state index in [1.54, 1.807) is 48.5 Å². The van der Waals surface area contributed by atoms with Crippen molar-refractivity contribution in [1.29, 1.82) is 0 Å². The average molecular weight is 476 g/mol. The maximum absolute atomic E-state index is 12.9. The molecule has 3 amide bonds. The van der Waals surface area contributed by atoms with Crippen LogP contribution in [0, 0.1) is 0 Å². The zero-order valence-electron chi connectivity index (χ0n) is 17.3. The minimum absolute atomic E-state index is 0.215. The van der Waals surface area contributed by atoms with Gasteiger partial charge in [-0.1, -0.05) is 71.7 Å². The lowest BCUT2D eigenvalue weighted by Gasteiger charge is -2.12. The second-order valence-electron chi connectivity index (χ2n) is 7.15. The van der Waals surface area contributed by atoms with Crippen molar-refractivity contribution in [3.63, 3.8) is 0 Å². The molecule has 164 valence electrons.